The first kappa shape index (κ1) is 31.2. The minimum Gasteiger partial charge on any atom is -0.756 e. The van der Waals surface area contributed by atoms with Crippen LogP contribution < -0.4 is 11.0 Å². The molecule has 0 aliphatic carbocycles. The lowest BCUT2D eigenvalue weighted by atomic mass is 10.0. The van der Waals surface area contributed by atoms with Gasteiger partial charge in [0.05, 0.1) is 13.2 Å². The Kier molecular flexibility index (Phi) is 24.4. The molecule has 0 aliphatic heterocycles. The lowest BCUT2D eigenvalue weighted by Gasteiger charge is -2.18. The van der Waals surface area contributed by atoms with E-state index in [4.69, 9.17) is 9.63 Å². The Hall–Kier alpha value is -0.0100. The van der Waals surface area contributed by atoms with Gasteiger partial charge in [-0.2, -0.15) is 0 Å². The number of phosphoric acid groups is 1. The summed E-state index contributed by atoms with van der Waals surface area (Å²) in [5.41, 5.74) is 0. The molecule has 0 radical (unpaired) electrons. The summed E-state index contributed by atoms with van der Waals surface area (Å²) in [6.07, 6.45) is 20.1. The van der Waals surface area contributed by atoms with Crippen LogP contribution in [-0.2, 0) is 13.8 Å². The molecule has 2 atom stereocenters. The van der Waals surface area contributed by atoms with E-state index >= 15 is 0 Å². The zero-order valence-electron chi connectivity index (χ0n) is 19.0. The van der Waals surface area contributed by atoms with Gasteiger partial charge in [0.2, 0.25) is 0 Å². The van der Waals surface area contributed by atoms with Crippen molar-refractivity contribution in [3.05, 3.63) is 0 Å². The fourth-order valence-electron chi connectivity index (χ4n) is 3.20. The van der Waals surface area contributed by atoms with Crippen LogP contribution in [0.3, 0.4) is 0 Å². The third kappa shape index (κ3) is 28.0. The molecule has 6 N–H and O–H groups in total. The SMILES string of the molecule is CCCCCCCCCCCCCCCCCCOC[C@@H](O)COP(=O)([O-])O.[NH4+]. The van der Waals surface area contributed by atoms with Gasteiger partial charge in [-0.15, -0.1) is 0 Å². The molecule has 0 amide bonds. The second kappa shape index (κ2) is 22.7. The van der Waals surface area contributed by atoms with E-state index in [-0.39, 0.29) is 12.8 Å². The molecule has 0 saturated heterocycles. The van der Waals surface area contributed by atoms with E-state index in [1.54, 1.807) is 0 Å². The van der Waals surface area contributed by atoms with Gasteiger partial charge < -0.3 is 30.3 Å². The minimum absolute atomic E-state index is 0. The molecule has 0 aromatic rings. The number of aliphatic hydroxyl groups excluding tert-OH is 1. The van der Waals surface area contributed by atoms with E-state index in [0.717, 1.165) is 12.8 Å². The number of phosphoric ester groups is 1. The van der Waals surface area contributed by atoms with Crippen molar-refractivity contribution in [2.45, 2.75) is 116 Å². The van der Waals surface area contributed by atoms with Crippen LogP contribution in [0, 0.1) is 0 Å². The first-order valence-electron chi connectivity index (χ1n) is 11.4. The van der Waals surface area contributed by atoms with Gasteiger partial charge in [-0.3, -0.25) is 4.57 Å². The van der Waals surface area contributed by atoms with E-state index in [1.807, 2.05) is 0 Å². The van der Waals surface area contributed by atoms with Crippen LogP contribution in [0.4, 0.5) is 0 Å². The normalized spacial score (nSPS) is 14.3. The smallest absolute Gasteiger partial charge is 0.265 e. The first-order chi connectivity index (χ1) is 13.5. The molecule has 0 fully saturated rings. The minimum atomic E-state index is -4.76. The Morgan fingerprint density at radius 1 is 0.759 bits per heavy atom. The maximum Gasteiger partial charge on any atom is 0.265 e. The summed E-state index contributed by atoms with van der Waals surface area (Å²) in [5.74, 6) is 0. The second-order valence-corrected chi connectivity index (χ2v) is 8.99. The average molecular weight is 442 g/mol. The van der Waals surface area contributed by atoms with Crippen molar-refractivity contribution in [1.29, 1.82) is 0 Å². The molecule has 178 valence electrons. The highest BCUT2D eigenvalue weighted by atomic mass is 31.2. The van der Waals surface area contributed by atoms with Crippen molar-refractivity contribution in [1.82, 2.24) is 6.15 Å². The van der Waals surface area contributed by atoms with Crippen molar-refractivity contribution < 1.29 is 28.7 Å². The van der Waals surface area contributed by atoms with Gasteiger partial charge in [-0.05, 0) is 6.42 Å². The van der Waals surface area contributed by atoms with Gasteiger partial charge in [0.25, 0.3) is 7.82 Å². The Balaban J connectivity index is 0. The molecule has 0 aromatic carbocycles. The molecule has 0 heterocycles. The molecule has 0 rings (SSSR count). The monoisotopic (exact) mass is 441 g/mol. The van der Waals surface area contributed by atoms with Crippen LogP contribution in [-0.4, -0.2) is 35.9 Å². The summed E-state index contributed by atoms with van der Waals surface area (Å²) in [4.78, 5) is 18.8. The van der Waals surface area contributed by atoms with Gasteiger partial charge in [-0.1, -0.05) is 103 Å². The quantitative estimate of drug-likeness (QED) is 0.150. The van der Waals surface area contributed by atoms with Crippen LogP contribution in [0.25, 0.3) is 0 Å². The molecule has 1 unspecified atom stereocenters. The molecule has 0 spiro atoms. The van der Waals surface area contributed by atoms with E-state index in [1.165, 1.54) is 89.9 Å². The predicted molar refractivity (Wildman–Crippen MR) is 118 cm³/mol. The van der Waals surface area contributed by atoms with Crippen LogP contribution in [0.15, 0.2) is 0 Å². The third-order valence-electron chi connectivity index (χ3n) is 4.88. The van der Waals surface area contributed by atoms with E-state index in [2.05, 4.69) is 11.4 Å². The van der Waals surface area contributed by atoms with Gasteiger partial charge in [0, 0.05) is 6.61 Å². The summed E-state index contributed by atoms with van der Waals surface area (Å²) in [6.45, 7) is 2.35. The molecule has 29 heavy (non-hydrogen) atoms. The summed E-state index contributed by atoms with van der Waals surface area (Å²) in [5, 5.41) is 9.43. The third-order valence-corrected chi connectivity index (χ3v) is 5.36. The van der Waals surface area contributed by atoms with E-state index < -0.39 is 20.5 Å². The highest BCUT2D eigenvalue weighted by molar-refractivity contribution is 7.44. The number of rotatable bonds is 22. The zero-order valence-corrected chi connectivity index (χ0v) is 19.9. The molecule has 7 nitrogen and oxygen atoms in total. The number of quaternary nitrogens is 1. The van der Waals surface area contributed by atoms with Crippen LogP contribution in [0.1, 0.15) is 110 Å². The summed E-state index contributed by atoms with van der Waals surface area (Å²) >= 11 is 0. The lowest BCUT2D eigenvalue weighted by Crippen LogP contribution is -2.22. The molecular formula is C21H48NO6P. The fraction of sp³-hybridized carbons (Fsp3) is 1.00. The van der Waals surface area contributed by atoms with E-state index in [0.29, 0.717) is 6.61 Å². The van der Waals surface area contributed by atoms with Crippen molar-refractivity contribution in [3.8, 4) is 0 Å². The largest absolute Gasteiger partial charge is 0.756 e. The Bertz CT molecular complexity index is 367. The lowest BCUT2D eigenvalue weighted by molar-refractivity contribution is -0.222. The highest BCUT2D eigenvalue weighted by Crippen LogP contribution is 2.30. The molecular weight excluding hydrogens is 393 g/mol. The predicted octanol–water partition coefficient (Wildman–Crippen LogP) is 5.48. The van der Waals surface area contributed by atoms with Crippen LogP contribution >= 0.6 is 7.82 Å². The first-order valence-corrected chi connectivity index (χ1v) is 12.9. The van der Waals surface area contributed by atoms with Gasteiger partial charge in [0.1, 0.15) is 6.10 Å². The second-order valence-electron chi connectivity index (χ2n) is 7.80. The number of hydrogen-bond acceptors (Lipinski definition) is 5. The number of unbranched alkanes of at least 4 members (excludes halogenated alkanes) is 15. The van der Waals surface area contributed by atoms with Crippen LogP contribution in [0.5, 0.6) is 0 Å². The zero-order chi connectivity index (χ0) is 20.9. The van der Waals surface area contributed by atoms with Gasteiger partial charge in [0.15, 0.2) is 0 Å². The number of ether oxygens (including phenoxy) is 1. The summed E-state index contributed by atoms with van der Waals surface area (Å²) < 4.78 is 19.8. The summed E-state index contributed by atoms with van der Waals surface area (Å²) in [7, 11) is -4.76. The number of aliphatic hydroxyl groups is 1. The van der Waals surface area contributed by atoms with Crippen molar-refractivity contribution in [2.75, 3.05) is 19.8 Å². The van der Waals surface area contributed by atoms with Crippen molar-refractivity contribution in [2.24, 2.45) is 0 Å². The fourth-order valence-corrected chi connectivity index (χ4v) is 3.56. The Labute approximate surface area is 178 Å². The van der Waals surface area contributed by atoms with E-state index in [9.17, 15) is 14.6 Å². The van der Waals surface area contributed by atoms with Crippen LogP contribution in [0.2, 0.25) is 0 Å². The number of hydrogen-bond donors (Lipinski definition) is 3. The van der Waals surface area contributed by atoms with Crippen molar-refractivity contribution in [3.63, 3.8) is 0 Å². The average Bonchev–Trinajstić information content (AvgIpc) is 2.65. The standard InChI is InChI=1S/C21H45O6P.H3N/c1-2-3-4-5-6-7-8-9-10-11-12-13-14-15-16-17-18-26-19-21(22)20-27-28(23,24)25;/h21-22H,2-20H2,1H3,(H2,23,24,25);1H3/t21-;/m1./s1. The molecule has 0 saturated carbocycles. The Morgan fingerprint density at radius 3 is 1.52 bits per heavy atom. The van der Waals surface area contributed by atoms with Gasteiger partial charge in [-0.25, -0.2) is 0 Å². The maximum absolute atomic E-state index is 10.4. The molecule has 0 aliphatic rings. The summed E-state index contributed by atoms with van der Waals surface area (Å²) in [6, 6.07) is 0. The molecule has 8 heteroatoms. The molecule has 0 bridgehead atoms. The Morgan fingerprint density at radius 2 is 1.14 bits per heavy atom. The topological polar surface area (TPSA) is 136 Å². The highest BCUT2D eigenvalue weighted by Gasteiger charge is 2.09. The maximum atomic E-state index is 10.4. The van der Waals surface area contributed by atoms with Crippen molar-refractivity contribution >= 4 is 7.82 Å². The van der Waals surface area contributed by atoms with Gasteiger partial charge >= 0.3 is 0 Å². The molecule has 0 aromatic heterocycles.